The smallest absolute Gasteiger partial charge is 0.246 e. The molecule has 0 radical (unpaired) electrons. The molecule has 1 amide bonds. The summed E-state index contributed by atoms with van der Waals surface area (Å²) in [6.07, 6.45) is 4.42. The van der Waals surface area contributed by atoms with Crippen molar-refractivity contribution in [3.8, 4) is 17.0 Å². The van der Waals surface area contributed by atoms with Crippen LogP contribution < -0.4 is 15.2 Å². The van der Waals surface area contributed by atoms with Crippen LogP contribution in [-0.2, 0) is 21.4 Å². The molecular formula is C28H31N7O4S. The molecule has 0 spiro atoms. The summed E-state index contributed by atoms with van der Waals surface area (Å²) in [5.74, 6) is 0.821. The number of rotatable bonds is 9. The van der Waals surface area contributed by atoms with Gasteiger partial charge in [-0.2, -0.15) is 5.10 Å². The van der Waals surface area contributed by atoms with Crippen molar-refractivity contribution in [1.29, 1.82) is 0 Å². The number of ether oxygens (including phenoxy) is 1. The van der Waals surface area contributed by atoms with Gasteiger partial charge in [0.15, 0.2) is 5.65 Å². The number of nitrogens with zero attached hydrogens (tertiary/aromatic N) is 5. The first-order valence-electron chi connectivity index (χ1n) is 13.0. The fraction of sp³-hybridized carbons (Fsp3) is 0.286. The lowest BCUT2D eigenvalue weighted by molar-refractivity contribution is -0.127. The first-order chi connectivity index (χ1) is 19.3. The minimum Gasteiger partial charge on any atom is -0.494 e. The van der Waals surface area contributed by atoms with E-state index < -0.39 is 10.0 Å². The summed E-state index contributed by atoms with van der Waals surface area (Å²) in [5.41, 5.74) is 9.07. The largest absolute Gasteiger partial charge is 0.494 e. The van der Waals surface area contributed by atoms with Gasteiger partial charge >= 0.3 is 0 Å². The van der Waals surface area contributed by atoms with Crippen LogP contribution in [0.5, 0.6) is 5.75 Å². The van der Waals surface area contributed by atoms with Crippen molar-refractivity contribution in [2.75, 3.05) is 25.4 Å². The molecule has 12 heteroatoms. The Bertz CT molecular complexity index is 1630. The number of fused-ring (bicyclic) bond motifs is 1. The van der Waals surface area contributed by atoms with Crippen LogP contribution in [-0.4, -0.2) is 58.7 Å². The van der Waals surface area contributed by atoms with Gasteiger partial charge in [0.1, 0.15) is 23.6 Å². The Kier molecular flexibility index (Phi) is 7.81. The van der Waals surface area contributed by atoms with Crippen LogP contribution in [0.15, 0.2) is 72.4 Å². The van der Waals surface area contributed by atoms with Gasteiger partial charge in [-0.15, -0.1) is 0 Å². The molecule has 1 fully saturated rings. The molecule has 4 aromatic rings. The van der Waals surface area contributed by atoms with E-state index in [1.54, 1.807) is 17.0 Å². The average molecular weight is 562 g/mol. The fourth-order valence-corrected chi connectivity index (χ4v) is 5.88. The number of amides is 1. The maximum absolute atomic E-state index is 12.8. The lowest BCUT2D eigenvalue weighted by Crippen LogP contribution is -2.40. The first kappa shape index (κ1) is 27.3. The molecule has 1 saturated heterocycles. The van der Waals surface area contributed by atoms with Crippen LogP contribution in [0.1, 0.15) is 31.4 Å². The molecule has 0 bridgehead atoms. The number of nitrogens with two attached hydrogens (primary N) is 1. The Morgan fingerprint density at radius 3 is 2.62 bits per heavy atom. The lowest BCUT2D eigenvalue weighted by Gasteiger charge is -2.32. The zero-order valence-corrected chi connectivity index (χ0v) is 23.0. The molecular weight excluding hydrogens is 530 g/mol. The van der Waals surface area contributed by atoms with E-state index in [2.05, 4.69) is 21.3 Å². The van der Waals surface area contributed by atoms with Gasteiger partial charge in [0.2, 0.25) is 15.9 Å². The van der Waals surface area contributed by atoms with Crippen LogP contribution in [0, 0.1) is 0 Å². The number of carbonyl (C=O) groups excluding carboxylic acids is 1. The highest BCUT2D eigenvalue weighted by molar-refractivity contribution is 7.89. The van der Waals surface area contributed by atoms with Crippen LogP contribution in [0.2, 0.25) is 0 Å². The summed E-state index contributed by atoms with van der Waals surface area (Å²) in [4.78, 5) is 22.8. The second-order valence-corrected chi connectivity index (χ2v) is 11.2. The second kappa shape index (κ2) is 11.4. The quantitative estimate of drug-likeness (QED) is 0.296. The number of hydrogen-bond acceptors (Lipinski definition) is 8. The van der Waals surface area contributed by atoms with Crippen LogP contribution in [0.4, 0.5) is 5.82 Å². The van der Waals surface area contributed by atoms with Crippen molar-refractivity contribution in [2.45, 2.75) is 37.2 Å². The Hall–Kier alpha value is -4.29. The van der Waals surface area contributed by atoms with Crippen molar-refractivity contribution >= 4 is 32.8 Å². The number of sulfonamides is 1. The topological polar surface area (TPSA) is 145 Å². The predicted molar refractivity (Wildman–Crippen MR) is 152 cm³/mol. The highest BCUT2D eigenvalue weighted by Gasteiger charge is 2.28. The minimum atomic E-state index is -3.70. The molecule has 3 heterocycles. The molecule has 0 aliphatic carbocycles. The third-order valence-corrected chi connectivity index (χ3v) is 8.30. The molecule has 1 atom stereocenters. The maximum Gasteiger partial charge on any atom is 0.246 e. The van der Waals surface area contributed by atoms with Crippen LogP contribution >= 0.6 is 0 Å². The Morgan fingerprint density at radius 2 is 1.93 bits per heavy atom. The van der Waals surface area contributed by atoms with E-state index >= 15 is 0 Å². The number of anilines is 1. The first-order valence-corrected chi connectivity index (χ1v) is 14.5. The monoisotopic (exact) mass is 561 g/mol. The van der Waals surface area contributed by atoms with E-state index in [4.69, 9.17) is 15.6 Å². The van der Waals surface area contributed by atoms with Gasteiger partial charge in [-0.25, -0.2) is 27.8 Å². The predicted octanol–water partition coefficient (Wildman–Crippen LogP) is 3.30. The molecule has 2 aromatic carbocycles. The van der Waals surface area contributed by atoms with Crippen LogP contribution in [0.25, 0.3) is 22.3 Å². The minimum absolute atomic E-state index is 0.0699. The van der Waals surface area contributed by atoms with Gasteiger partial charge in [-0.1, -0.05) is 30.8 Å². The molecule has 40 heavy (non-hydrogen) atoms. The summed E-state index contributed by atoms with van der Waals surface area (Å²) in [5, 5.41) is 5.52. The third-order valence-electron chi connectivity index (χ3n) is 6.89. The highest BCUT2D eigenvalue weighted by Crippen LogP contribution is 2.34. The summed E-state index contributed by atoms with van der Waals surface area (Å²) in [7, 11) is -3.70. The average Bonchev–Trinajstić information content (AvgIpc) is 3.37. The Balaban J connectivity index is 1.37. The summed E-state index contributed by atoms with van der Waals surface area (Å²) in [6, 6.07) is 13.6. The lowest BCUT2D eigenvalue weighted by atomic mass is 10.1. The van der Waals surface area contributed by atoms with Crippen LogP contribution in [0.3, 0.4) is 0 Å². The number of nitrogens with one attached hydrogen (secondary N) is 1. The van der Waals surface area contributed by atoms with E-state index in [1.165, 1.54) is 24.5 Å². The molecule has 0 unspecified atom stereocenters. The van der Waals surface area contributed by atoms with E-state index in [9.17, 15) is 13.2 Å². The van der Waals surface area contributed by atoms with E-state index in [1.807, 2.05) is 35.9 Å². The van der Waals surface area contributed by atoms with E-state index in [-0.39, 0.29) is 23.4 Å². The van der Waals surface area contributed by atoms with Gasteiger partial charge in [0, 0.05) is 25.2 Å². The number of carbonyl (C=O) groups is 1. The number of nitrogen functional groups attached to an aromatic ring is 1. The van der Waals surface area contributed by atoms with Crippen molar-refractivity contribution in [3.63, 3.8) is 0 Å². The van der Waals surface area contributed by atoms with Gasteiger partial charge in [-0.3, -0.25) is 4.79 Å². The fourth-order valence-electron chi connectivity index (χ4n) is 4.86. The Labute approximate surface area is 232 Å². The molecule has 11 nitrogen and oxygen atoms in total. The second-order valence-electron chi connectivity index (χ2n) is 9.46. The summed E-state index contributed by atoms with van der Waals surface area (Å²) in [6.45, 7) is 7.27. The number of likely N-dealkylation sites (tertiary alicyclic amines) is 1. The van der Waals surface area contributed by atoms with E-state index in [0.29, 0.717) is 48.0 Å². The van der Waals surface area contributed by atoms with Gasteiger partial charge < -0.3 is 15.4 Å². The van der Waals surface area contributed by atoms with Crippen molar-refractivity contribution in [3.05, 3.63) is 73.1 Å². The molecule has 5 rings (SSSR count). The SMILES string of the molecule is C=CC(=O)N1CCC[C@@H](n2nc(-c3ccc(CNS(=O)(=O)c4ccc(OCC)cc4)cc3)c3c(N)ncnc32)C1. The van der Waals surface area contributed by atoms with Gasteiger partial charge in [0.05, 0.1) is 22.9 Å². The molecule has 1 aliphatic rings. The zero-order valence-electron chi connectivity index (χ0n) is 22.2. The summed E-state index contributed by atoms with van der Waals surface area (Å²) < 4.78 is 35.4. The standard InChI is InChI=1S/C28H31N7O4S/c1-3-24(36)34-15-5-6-21(17-34)35-28-25(27(29)30-18-31-28)26(33-35)20-9-7-19(8-10-20)16-32-40(37,38)23-13-11-22(12-14-23)39-4-2/h3,7-14,18,21,32H,1,4-6,15-17H2,2H3,(H2,29,30,31)/t21-/m1/s1. The molecule has 2 aromatic heterocycles. The number of piperidine rings is 1. The highest BCUT2D eigenvalue weighted by atomic mass is 32.2. The van der Waals surface area contributed by atoms with Crippen molar-refractivity contribution in [1.82, 2.24) is 29.4 Å². The molecule has 0 saturated carbocycles. The number of hydrogen-bond donors (Lipinski definition) is 2. The molecule has 1 aliphatic heterocycles. The van der Waals surface area contributed by atoms with Gasteiger partial charge in [0.25, 0.3) is 0 Å². The number of benzene rings is 2. The Morgan fingerprint density at radius 1 is 1.18 bits per heavy atom. The zero-order chi connectivity index (χ0) is 28.3. The van der Waals surface area contributed by atoms with E-state index in [0.717, 1.165) is 24.0 Å². The molecule has 208 valence electrons. The molecule has 3 N–H and O–H groups in total. The number of aromatic nitrogens is 4. The normalized spacial score (nSPS) is 15.7. The maximum atomic E-state index is 12.8. The van der Waals surface area contributed by atoms with Crippen molar-refractivity contribution < 1.29 is 17.9 Å². The third kappa shape index (κ3) is 5.54. The van der Waals surface area contributed by atoms with Crippen molar-refractivity contribution in [2.24, 2.45) is 0 Å². The summed E-state index contributed by atoms with van der Waals surface area (Å²) >= 11 is 0. The van der Waals surface area contributed by atoms with Gasteiger partial charge in [-0.05, 0) is 55.7 Å².